The van der Waals surface area contributed by atoms with Crippen LogP contribution >= 0.6 is 24.0 Å². The third-order valence-corrected chi connectivity index (χ3v) is 4.68. The van der Waals surface area contributed by atoms with E-state index in [9.17, 15) is 0 Å². The van der Waals surface area contributed by atoms with Crippen LogP contribution in [0.4, 0.5) is 5.69 Å². The van der Waals surface area contributed by atoms with Crippen molar-refractivity contribution < 1.29 is 9.47 Å². The monoisotopic (exact) mass is 491 g/mol. The second kappa shape index (κ2) is 12.2. The molecule has 7 nitrogen and oxygen atoms in total. The van der Waals surface area contributed by atoms with Crippen LogP contribution in [0.3, 0.4) is 0 Å². The molecule has 2 rings (SSSR count). The molecule has 1 saturated heterocycles. The van der Waals surface area contributed by atoms with E-state index in [0.717, 1.165) is 55.9 Å². The van der Waals surface area contributed by atoms with E-state index in [-0.39, 0.29) is 24.0 Å². The summed E-state index contributed by atoms with van der Waals surface area (Å²) in [6.07, 6.45) is 0. The van der Waals surface area contributed by atoms with E-state index in [4.69, 9.17) is 9.47 Å². The number of likely N-dealkylation sites (N-methyl/N-ethyl adjacent to an activating group) is 1. The fraction of sp³-hybridized carbons (Fsp3) is 0.632. The van der Waals surface area contributed by atoms with Gasteiger partial charge in [0.1, 0.15) is 0 Å². The molecule has 1 heterocycles. The SMILES string of the molecule is CCOc1cc(NC(=NC)NCC(C)N2CCN(C)CC2)ccc1OC.I. The summed E-state index contributed by atoms with van der Waals surface area (Å²) in [5.74, 6) is 2.20. The van der Waals surface area contributed by atoms with Crippen LogP contribution in [0.15, 0.2) is 23.2 Å². The van der Waals surface area contributed by atoms with Gasteiger partial charge >= 0.3 is 0 Å². The van der Waals surface area contributed by atoms with Crippen molar-refractivity contribution in [1.82, 2.24) is 15.1 Å². The molecule has 0 radical (unpaired) electrons. The van der Waals surface area contributed by atoms with Gasteiger partial charge in [-0.1, -0.05) is 0 Å². The molecular weight excluding hydrogens is 457 g/mol. The van der Waals surface area contributed by atoms with Gasteiger partial charge < -0.3 is 25.0 Å². The number of piperazine rings is 1. The van der Waals surface area contributed by atoms with Crippen molar-refractivity contribution in [2.24, 2.45) is 4.99 Å². The highest BCUT2D eigenvalue weighted by Crippen LogP contribution is 2.30. The number of halogens is 1. The first-order chi connectivity index (χ1) is 12.6. The third kappa shape index (κ3) is 7.34. The Kier molecular flexibility index (Phi) is 10.8. The zero-order valence-electron chi connectivity index (χ0n) is 17.1. The Hall–Kier alpha value is -1.26. The molecule has 1 unspecified atom stereocenters. The van der Waals surface area contributed by atoms with Crippen molar-refractivity contribution in [1.29, 1.82) is 0 Å². The zero-order valence-corrected chi connectivity index (χ0v) is 19.4. The van der Waals surface area contributed by atoms with E-state index in [1.807, 2.05) is 25.1 Å². The van der Waals surface area contributed by atoms with E-state index in [1.54, 1.807) is 14.2 Å². The summed E-state index contributed by atoms with van der Waals surface area (Å²) < 4.78 is 11.0. The molecular formula is C19H34IN5O2. The van der Waals surface area contributed by atoms with E-state index < -0.39 is 0 Å². The number of aliphatic imine (C=N–C) groups is 1. The minimum atomic E-state index is 0. The molecule has 154 valence electrons. The summed E-state index contributed by atoms with van der Waals surface area (Å²) in [7, 11) is 5.60. The summed E-state index contributed by atoms with van der Waals surface area (Å²) in [5.41, 5.74) is 0.912. The zero-order chi connectivity index (χ0) is 18.9. The van der Waals surface area contributed by atoms with Gasteiger partial charge in [-0.25, -0.2) is 0 Å². The lowest BCUT2D eigenvalue weighted by molar-refractivity contribution is 0.120. The molecule has 1 aliphatic rings. The number of hydrogen-bond donors (Lipinski definition) is 2. The number of guanidine groups is 1. The van der Waals surface area contributed by atoms with E-state index in [0.29, 0.717) is 12.6 Å². The molecule has 1 aliphatic heterocycles. The highest BCUT2D eigenvalue weighted by Gasteiger charge is 2.19. The van der Waals surface area contributed by atoms with Crippen LogP contribution in [-0.2, 0) is 0 Å². The molecule has 0 amide bonds. The van der Waals surface area contributed by atoms with Crippen molar-refractivity contribution in [3.63, 3.8) is 0 Å². The number of nitrogens with one attached hydrogen (secondary N) is 2. The number of anilines is 1. The Balaban J connectivity index is 0.00000364. The van der Waals surface area contributed by atoms with E-state index >= 15 is 0 Å². The minimum Gasteiger partial charge on any atom is -0.493 e. The molecule has 2 N–H and O–H groups in total. The minimum absolute atomic E-state index is 0. The average molecular weight is 491 g/mol. The topological polar surface area (TPSA) is 61.4 Å². The lowest BCUT2D eigenvalue weighted by Crippen LogP contribution is -2.51. The first-order valence-electron chi connectivity index (χ1n) is 9.28. The van der Waals surface area contributed by atoms with Gasteiger partial charge in [0.25, 0.3) is 0 Å². The molecule has 0 saturated carbocycles. The smallest absolute Gasteiger partial charge is 0.195 e. The van der Waals surface area contributed by atoms with Gasteiger partial charge in [-0.2, -0.15) is 0 Å². The first-order valence-corrected chi connectivity index (χ1v) is 9.28. The molecule has 0 aliphatic carbocycles. The number of nitrogens with zero attached hydrogens (tertiary/aromatic N) is 3. The van der Waals surface area contributed by atoms with Gasteiger partial charge in [-0.15, -0.1) is 24.0 Å². The maximum absolute atomic E-state index is 5.63. The maximum atomic E-state index is 5.63. The molecule has 0 aromatic heterocycles. The summed E-state index contributed by atoms with van der Waals surface area (Å²) in [6.45, 7) is 10.1. The van der Waals surface area contributed by atoms with Gasteiger partial charge in [0.05, 0.1) is 13.7 Å². The molecule has 1 aromatic rings. The van der Waals surface area contributed by atoms with Crippen LogP contribution < -0.4 is 20.1 Å². The molecule has 1 atom stereocenters. The van der Waals surface area contributed by atoms with Crippen molar-refractivity contribution in [3.05, 3.63) is 18.2 Å². The van der Waals surface area contributed by atoms with Crippen molar-refractivity contribution in [3.8, 4) is 11.5 Å². The van der Waals surface area contributed by atoms with E-state index in [2.05, 4.69) is 39.4 Å². The molecule has 0 bridgehead atoms. The Morgan fingerprint density at radius 3 is 2.52 bits per heavy atom. The fourth-order valence-corrected chi connectivity index (χ4v) is 2.97. The van der Waals surface area contributed by atoms with Gasteiger partial charge in [0.15, 0.2) is 17.5 Å². The second-order valence-electron chi connectivity index (χ2n) is 6.57. The van der Waals surface area contributed by atoms with Crippen LogP contribution in [0.2, 0.25) is 0 Å². The number of ether oxygens (including phenoxy) is 2. The third-order valence-electron chi connectivity index (χ3n) is 4.68. The van der Waals surface area contributed by atoms with E-state index in [1.165, 1.54) is 0 Å². The lowest BCUT2D eigenvalue weighted by atomic mass is 10.2. The lowest BCUT2D eigenvalue weighted by Gasteiger charge is -2.36. The highest BCUT2D eigenvalue weighted by atomic mass is 127. The van der Waals surface area contributed by atoms with Crippen LogP contribution in [0.1, 0.15) is 13.8 Å². The number of rotatable bonds is 7. The second-order valence-corrected chi connectivity index (χ2v) is 6.57. The predicted octanol–water partition coefficient (Wildman–Crippen LogP) is 2.34. The largest absolute Gasteiger partial charge is 0.493 e. The Labute approximate surface area is 180 Å². The predicted molar refractivity (Wildman–Crippen MR) is 123 cm³/mol. The first kappa shape index (κ1) is 23.8. The van der Waals surface area contributed by atoms with Crippen LogP contribution in [0.5, 0.6) is 11.5 Å². The average Bonchev–Trinajstić information content (AvgIpc) is 2.66. The number of benzene rings is 1. The Morgan fingerprint density at radius 2 is 1.93 bits per heavy atom. The van der Waals surface area contributed by atoms with Crippen molar-refractivity contribution >= 4 is 35.6 Å². The fourth-order valence-electron chi connectivity index (χ4n) is 2.97. The standard InChI is InChI=1S/C19H33N5O2.HI/c1-6-26-18-13-16(7-8-17(18)25-5)22-19(20-3)21-14-15(2)24-11-9-23(4)10-12-24;/h7-8,13,15H,6,9-12,14H2,1-5H3,(H2,20,21,22);1H. The van der Waals surface area contributed by atoms with Crippen molar-refractivity contribution in [2.75, 3.05) is 65.9 Å². The molecule has 1 aromatic carbocycles. The van der Waals surface area contributed by atoms with Gasteiger partial charge in [-0.3, -0.25) is 9.89 Å². The molecule has 27 heavy (non-hydrogen) atoms. The molecule has 8 heteroatoms. The van der Waals surface area contributed by atoms with Gasteiger partial charge in [0, 0.05) is 57.6 Å². The summed E-state index contributed by atoms with van der Waals surface area (Å²) >= 11 is 0. The number of hydrogen-bond acceptors (Lipinski definition) is 5. The van der Waals surface area contributed by atoms with Gasteiger partial charge in [0.2, 0.25) is 0 Å². The molecule has 1 fully saturated rings. The maximum Gasteiger partial charge on any atom is 0.195 e. The molecule has 0 spiro atoms. The van der Waals surface area contributed by atoms with Crippen molar-refractivity contribution in [2.45, 2.75) is 19.9 Å². The normalized spacial score (nSPS) is 17.0. The summed E-state index contributed by atoms with van der Waals surface area (Å²) in [5, 5.41) is 6.74. The summed E-state index contributed by atoms with van der Waals surface area (Å²) in [4.78, 5) is 9.21. The number of methoxy groups -OCH3 is 1. The van der Waals surface area contributed by atoms with Crippen LogP contribution in [0, 0.1) is 0 Å². The van der Waals surface area contributed by atoms with Gasteiger partial charge in [-0.05, 0) is 33.0 Å². The van der Waals surface area contributed by atoms with Crippen LogP contribution in [-0.4, -0.2) is 82.3 Å². The summed E-state index contributed by atoms with van der Waals surface area (Å²) in [6, 6.07) is 6.24. The van der Waals surface area contributed by atoms with Crippen LogP contribution in [0.25, 0.3) is 0 Å². The Morgan fingerprint density at radius 1 is 1.22 bits per heavy atom. The quantitative estimate of drug-likeness (QED) is 0.347. The highest BCUT2D eigenvalue weighted by molar-refractivity contribution is 14.0. The Bertz CT molecular complexity index is 591.